The summed E-state index contributed by atoms with van der Waals surface area (Å²) in [7, 11) is 0. The van der Waals surface area contributed by atoms with Gasteiger partial charge in [-0.2, -0.15) is 0 Å². The molecule has 5 rings (SSSR count). The second-order valence-corrected chi connectivity index (χ2v) is 17.1. The summed E-state index contributed by atoms with van der Waals surface area (Å²) in [6.07, 6.45) is 2.14. The molecular formula is C48H66N6O9. The fraction of sp³-hybridized carbons (Fsp3) is 0.521. The number of carbonyl (C=O) groups excluding carboxylic acids is 5. The van der Waals surface area contributed by atoms with Crippen LogP contribution >= 0.6 is 0 Å². The molecule has 3 aromatic rings. The highest BCUT2D eigenvalue weighted by Gasteiger charge is 2.30. The minimum absolute atomic E-state index is 0.00824. The molecule has 2 heterocycles. The molecule has 15 heteroatoms. The van der Waals surface area contributed by atoms with Gasteiger partial charge in [0.2, 0.25) is 5.91 Å². The number of nitrogens with zero attached hydrogens (tertiary/aromatic N) is 5. The minimum atomic E-state index is -0.689. The lowest BCUT2D eigenvalue weighted by Crippen LogP contribution is -2.55. The Morgan fingerprint density at radius 1 is 0.508 bits per heavy atom. The molecule has 1 atom stereocenters. The number of esters is 3. The first-order chi connectivity index (χ1) is 30.4. The van der Waals surface area contributed by atoms with Gasteiger partial charge in [-0.1, -0.05) is 97.4 Å². The van der Waals surface area contributed by atoms with Gasteiger partial charge in [-0.05, 0) is 56.7 Å². The van der Waals surface area contributed by atoms with Crippen molar-refractivity contribution in [3.8, 4) is 0 Å². The van der Waals surface area contributed by atoms with Crippen LogP contribution in [0.25, 0.3) is 0 Å². The highest BCUT2D eigenvalue weighted by atomic mass is 16.6. The van der Waals surface area contributed by atoms with Gasteiger partial charge in [0, 0.05) is 58.9 Å². The van der Waals surface area contributed by atoms with Crippen molar-refractivity contribution >= 4 is 29.9 Å². The number of hydrogen-bond acceptors (Lipinski definition) is 13. The Kier molecular flexibility index (Phi) is 19.8. The summed E-state index contributed by atoms with van der Waals surface area (Å²) < 4.78 is 22.6. The number of alkyl carbamates (subject to hydrolysis) is 1. The maximum absolute atomic E-state index is 14.3. The lowest BCUT2D eigenvalue weighted by molar-refractivity contribution is -0.148. The fourth-order valence-corrected chi connectivity index (χ4v) is 7.39. The molecule has 0 saturated carbocycles. The summed E-state index contributed by atoms with van der Waals surface area (Å²) >= 11 is 0. The Bertz CT molecular complexity index is 1790. The van der Waals surface area contributed by atoms with Crippen LogP contribution in [-0.4, -0.2) is 151 Å². The second-order valence-electron chi connectivity index (χ2n) is 17.1. The van der Waals surface area contributed by atoms with Crippen molar-refractivity contribution in [3.05, 3.63) is 108 Å². The van der Waals surface area contributed by atoms with Crippen LogP contribution in [-0.2, 0) is 57.9 Å². The first-order valence-corrected chi connectivity index (χ1v) is 22.2. The average Bonchev–Trinajstić information content (AvgIpc) is 3.50. The van der Waals surface area contributed by atoms with Crippen molar-refractivity contribution in [2.45, 2.75) is 78.0 Å². The molecule has 2 saturated heterocycles. The van der Waals surface area contributed by atoms with Crippen LogP contribution in [0.4, 0.5) is 4.79 Å². The van der Waals surface area contributed by atoms with E-state index in [4.69, 9.17) is 18.9 Å². The zero-order chi connectivity index (χ0) is 44.9. The summed E-state index contributed by atoms with van der Waals surface area (Å²) in [5.41, 5.74) is 1.95. The number of carbonyl (C=O) groups is 5. The third-order valence-corrected chi connectivity index (χ3v) is 10.8. The number of nitrogens with one attached hydrogen (secondary N) is 1. The van der Waals surface area contributed by atoms with Crippen LogP contribution in [0.1, 0.15) is 63.1 Å². The topological polar surface area (TPSA) is 150 Å². The first-order valence-electron chi connectivity index (χ1n) is 22.2. The van der Waals surface area contributed by atoms with Crippen molar-refractivity contribution in [2.24, 2.45) is 0 Å². The van der Waals surface area contributed by atoms with Crippen LogP contribution in [0.5, 0.6) is 0 Å². The summed E-state index contributed by atoms with van der Waals surface area (Å²) in [5.74, 6) is -1.29. The zero-order valence-electron chi connectivity index (χ0n) is 37.3. The van der Waals surface area contributed by atoms with Crippen LogP contribution in [0.3, 0.4) is 0 Å². The normalized spacial score (nSPS) is 17.9. The molecule has 0 radical (unpaired) electrons. The van der Waals surface area contributed by atoms with E-state index >= 15 is 0 Å². The molecule has 0 bridgehead atoms. The number of hydrogen-bond donors (Lipinski definition) is 1. The van der Waals surface area contributed by atoms with E-state index in [9.17, 15) is 24.0 Å². The summed E-state index contributed by atoms with van der Waals surface area (Å²) in [4.78, 5) is 76.8. The van der Waals surface area contributed by atoms with Gasteiger partial charge in [0.05, 0.1) is 26.2 Å². The number of likely N-dealkylation sites (tertiary alicyclic amines) is 1. The van der Waals surface area contributed by atoms with Gasteiger partial charge >= 0.3 is 24.0 Å². The first kappa shape index (κ1) is 48.7. The van der Waals surface area contributed by atoms with Crippen molar-refractivity contribution in [1.29, 1.82) is 0 Å². The summed E-state index contributed by atoms with van der Waals surface area (Å²) in [5, 5.41) is 2.95. The Morgan fingerprint density at radius 2 is 0.873 bits per heavy atom. The molecular weight excluding hydrogens is 805 g/mol. The molecule has 3 aromatic carbocycles. The van der Waals surface area contributed by atoms with Crippen molar-refractivity contribution in [3.63, 3.8) is 0 Å². The van der Waals surface area contributed by atoms with E-state index < -0.39 is 17.9 Å². The molecule has 15 nitrogen and oxygen atoms in total. The summed E-state index contributed by atoms with van der Waals surface area (Å²) in [6.45, 7) is 9.77. The van der Waals surface area contributed by atoms with Gasteiger partial charge in [-0.25, -0.2) is 4.79 Å². The molecule has 0 spiro atoms. The highest BCUT2D eigenvalue weighted by Crippen LogP contribution is 2.17. The molecule has 2 aliphatic heterocycles. The predicted octanol–water partition coefficient (Wildman–Crippen LogP) is 4.69. The van der Waals surface area contributed by atoms with Crippen molar-refractivity contribution in [2.75, 3.05) is 85.1 Å². The van der Waals surface area contributed by atoms with E-state index in [1.54, 1.807) is 25.7 Å². The number of amides is 2. The van der Waals surface area contributed by atoms with E-state index in [0.29, 0.717) is 65.3 Å². The monoisotopic (exact) mass is 870 g/mol. The molecule has 2 amide bonds. The number of benzene rings is 3. The minimum Gasteiger partial charge on any atom is -0.460 e. The van der Waals surface area contributed by atoms with E-state index in [2.05, 4.69) is 5.32 Å². The molecule has 0 aromatic heterocycles. The third kappa shape index (κ3) is 18.9. The standard InChI is InChI=1S/C48H66N6O9/c1-48(2,3)63-47(59)49-42-22-14-7-15-23-54(42)43(55)32-50-24-26-51(33-44(56)60-36-39-16-8-4-9-17-39)28-30-53(35-46(58)62-38-41-20-12-6-13-21-41)31-29-52(27-25-50)34-45(57)61-37-40-18-10-5-11-19-40/h4-6,8-13,16-21,42H,7,14-15,22-38H2,1-3H3,(H,49,59). The van der Waals surface area contributed by atoms with Gasteiger partial charge in [0.15, 0.2) is 0 Å². The molecule has 63 heavy (non-hydrogen) atoms. The maximum atomic E-state index is 14.3. The van der Waals surface area contributed by atoms with E-state index in [0.717, 1.165) is 36.0 Å². The Balaban J connectivity index is 1.32. The molecule has 342 valence electrons. The Hall–Kier alpha value is -5.35. The van der Waals surface area contributed by atoms with Gasteiger partial charge in [0.25, 0.3) is 0 Å². The van der Waals surface area contributed by atoms with E-state index in [1.807, 2.05) is 111 Å². The molecule has 1 N–H and O–H groups in total. The largest absolute Gasteiger partial charge is 0.460 e. The van der Waals surface area contributed by atoms with Crippen molar-refractivity contribution < 1.29 is 42.9 Å². The molecule has 1 unspecified atom stereocenters. The smallest absolute Gasteiger partial charge is 0.409 e. The number of ether oxygens (including phenoxy) is 4. The Labute approximate surface area is 372 Å². The lowest BCUT2D eigenvalue weighted by Gasteiger charge is -2.35. The van der Waals surface area contributed by atoms with E-state index in [1.165, 1.54) is 0 Å². The SMILES string of the molecule is CC(C)(C)OC(=O)NC1CCCCCN1C(=O)CN1CCN(CC(=O)OCc2ccccc2)CCN(CC(=O)OCc2ccccc2)CCN(CC(=O)OCc2ccccc2)CC1. The van der Waals surface area contributed by atoms with Crippen molar-refractivity contribution in [1.82, 2.24) is 29.8 Å². The molecule has 2 aliphatic rings. The quantitative estimate of drug-likeness (QED) is 0.166. The second kappa shape index (κ2) is 25.7. The van der Waals surface area contributed by atoms with Gasteiger partial charge in [0.1, 0.15) is 31.6 Å². The molecule has 0 aliphatic carbocycles. The fourth-order valence-electron chi connectivity index (χ4n) is 7.39. The van der Waals surface area contributed by atoms with Gasteiger partial charge in [-0.15, -0.1) is 0 Å². The lowest BCUT2D eigenvalue weighted by atomic mass is 10.2. The number of rotatable bonds is 15. The van der Waals surface area contributed by atoms with Crippen LogP contribution in [0.2, 0.25) is 0 Å². The van der Waals surface area contributed by atoms with Crippen LogP contribution in [0, 0.1) is 0 Å². The Morgan fingerprint density at radius 3 is 1.24 bits per heavy atom. The van der Waals surface area contributed by atoms with E-state index in [-0.39, 0.29) is 69.8 Å². The summed E-state index contributed by atoms with van der Waals surface area (Å²) in [6, 6.07) is 28.5. The van der Waals surface area contributed by atoms with Gasteiger partial charge in [-0.3, -0.25) is 38.8 Å². The zero-order valence-corrected chi connectivity index (χ0v) is 37.3. The highest BCUT2D eigenvalue weighted by molar-refractivity contribution is 5.79. The average molecular weight is 871 g/mol. The molecule has 2 fully saturated rings. The predicted molar refractivity (Wildman–Crippen MR) is 238 cm³/mol. The maximum Gasteiger partial charge on any atom is 0.409 e. The van der Waals surface area contributed by atoms with Gasteiger partial charge < -0.3 is 29.2 Å². The van der Waals surface area contributed by atoms with Crippen LogP contribution in [0.15, 0.2) is 91.0 Å². The van der Waals surface area contributed by atoms with Crippen LogP contribution < -0.4 is 5.32 Å². The third-order valence-electron chi connectivity index (χ3n) is 10.8.